The standard InChI is InChI=1S/C27H23N3.C2H6/c28-18-19-7-6-10-23(17-19)20-13-15-22(16-14-20)26(21-8-2-1-3-9-21)27-29-24-11-4-5-12-25(24)30-27;1-2/h4-7,10-17H,1-3,8-9H2,(H,29,30);1-2H3. The normalized spacial score (nSPS) is 13.2. The zero-order chi connectivity index (χ0) is 22.3. The van der Waals surface area contributed by atoms with E-state index in [1.807, 2.05) is 44.2 Å². The highest BCUT2D eigenvalue weighted by Crippen LogP contribution is 2.35. The number of para-hydroxylation sites is 2. The Bertz CT molecular complexity index is 1230. The predicted molar refractivity (Wildman–Crippen MR) is 133 cm³/mol. The molecule has 0 atom stereocenters. The number of hydrogen-bond acceptors (Lipinski definition) is 2. The molecule has 5 rings (SSSR count). The molecule has 1 aliphatic carbocycles. The first-order chi connectivity index (χ1) is 15.8. The van der Waals surface area contributed by atoms with Crippen molar-refractivity contribution >= 4 is 16.6 Å². The summed E-state index contributed by atoms with van der Waals surface area (Å²) in [7, 11) is 0. The van der Waals surface area contributed by atoms with Gasteiger partial charge in [0.15, 0.2) is 0 Å². The van der Waals surface area contributed by atoms with E-state index < -0.39 is 0 Å². The van der Waals surface area contributed by atoms with Crippen LogP contribution < -0.4 is 0 Å². The molecule has 32 heavy (non-hydrogen) atoms. The lowest BCUT2D eigenvalue weighted by atomic mass is 9.87. The molecule has 3 aromatic carbocycles. The van der Waals surface area contributed by atoms with Crippen LogP contribution in [0, 0.1) is 11.3 Å². The van der Waals surface area contributed by atoms with Gasteiger partial charge in [-0.25, -0.2) is 4.98 Å². The number of H-pyrrole nitrogens is 1. The SMILES string of the molecule is CC.N#Cc1cccc(-c2ccc(C(=C3CCCCC3)c3nc4ccccc4[nH]3)cc2)c1. The maximum atomic E-state index is 9.19. The lowest BCUT2D eigenvalue weighted by molar-refractivity contribution is 0.600. The first kappa shape index (κ1) is 21.6. The van der Waals surface area contributed by atoms with Gasteiger partial charge in [0.2, 0.25) is 0 Å². The number of imidazole rings is 1. The second-order valence-electron chi connectivity index (χ2n) is 7.91. The van der Waals surface area contributed by atoms with Gasteiger partial charge in [-0.1, -0.05) is 74.4 Å². The van der Waals surface area contributed by atoms with Crippen LogP contribution in [0.2, 0.25) is 0 Å². The van der Waals surface area contributed by atoms with Crippen LogP contribution in [0.1, 0.15) is 62.9 Å². The molecule has 4 aromatic rings. The average molecular weight is 420 g/mol. The van der Waals surface area contributed by atoms with Crippen LogP contribution in [0.15, 0.2) is 78.4 Å². The second kappa shape index (κ2) is 10.1. The quantitative estimate of drug-likeness (QED) is 0.367. The van der Waals surface area contributed by atoms with Crippen molar-refractivity contribution in [3.63, 3.8) is 0 Å². The molecule has 3 nitrogen and oxygen atoms in total. The topological polar surface area (TPSA) is 52.5 Å². The first-order valence-corrected chi connectivity index (χ1v) is 11.6. The third-order valence-electron chi connectivity index (χ3n) is 5.94. The van der Waals surface area contributed by atoms with Crippen LogP contribution in [0.4, 0.5) is 0 Å². The van der Waals surface area contributed by atoms with Crippen LogP contribution in [-0.2, 0) is 0 Å². The minimum Gasteiger partial charge on any atom is -0.338 e. The number of nitriles is 1. The fourth-order valence-electron chi connectivity index (χ4n) is 4.41. The maximum Gasteiger partial charge on any atom is 0.139 e. The summed E-state index contributed by atoms with van der Waals surface area (Å²) in [6.07, 6.45) is 6.08. The molecule has 1 heterocycles. The van der Waals surface area contributed by atoms with Crippen LogP contribution in [0.5, 0.6) is 0 Å². The molecule has 1 N–H and O–H groups in total. The third-order valence-corrected chi connectivity index (χ3v) is 5.94. The van der Waals surface area contributed by atoms with Crippen LogP contribution in [-0.4, -0.2) is 9.97 Å². The lowest BCUT2D eigenvalue weighted by Gasteiger charge is -2.19. The Morgan fingerprint density at radius 1 is 0.844 bits per heavy atom. The predicted octanol–water partition coefficient (Wildman–Crippen LogP) is 7.89. The monoisotopic (exact) mass is 419 g/mol. The Morgan fingerprint density at radius 3 is 2.31 bits per heavy atom. The van der Waals surface area contributed by atoms with Gasteiger partial charge in [0.1, 0.15) is 5.82 Å². The fourth-order valence-corrected chi connectivity index (χ4v) is 4.41. The van der Waals surface area contributed by atoms with E-state index in [-0.39, 0.29) is 0 Å². The first-order valence-electron chi connectivity index (χ1n) is 11.6. The number of aromatic nitrogens is 2. The molecule has 0 unspecified atom stereocenters. The third kappa shape index (κ3) is 4.50. The molecule has 1 saturated carbocycles. The zero-order valence-electron chi connectivity index (χ0n) is 18.9. The van der Waals surface area contributed by atoms with Gasteiger partial charge < -0.3 is 4.98 Å². The van der Waals surface area contributed by atoms with Crippen molar-refractivity contribution in [2.75, 3.05) is 0 Å². The van der Waals surface area contributed by atoms with Crippen molar-refractivity contribution in [1.82, 2.24) is 9.97 Å². The van der Waals surface area contributed by atoms with E-state index in [4.69, 9.17) is 4.98 Å². The van der Waals surface area contributed by atoms with Crippen molar-refractivity contribution < 1.29 is 0 Å². The van der Waals surface area contributed by atoms with E-state index in [0.29, 0.717) is 5.56 Å². The maximum absolute atomic E-state index is 9.19. The number of hydrogen-bond donors (Lipinski definition) is 1. The van der Waals surface area contributed by atoms with Gasteiger partial charge in [0.05, 0.1) is 22.7 Å². The number of fused-ring (bicyclic) bond motifs is 1. The van der Waals surface area contributed by atoms with Gasteiger partial charge in [0.25, 0.3) is 0 Å². The number of nitrogens with zero attached hydrogens (tertiary/aromatic N) is 2. The van der Waals surface area contributed by atoms with Gasteiger partial charge in [-0.2, -0.15) is 5.26 Å². The van der Waals surface area contributed by atoms with Gasteiger partial charge in [0, 0.05) is 5.57 Å². The van der Waals surface area contributed by atoms with Crippen molar-refractivity contribution in [3.05, 3.63) is 95.3 Å². The molecule has 0 spiro atoms. The van der Waals surface area contributed by atoms with Crippen molar-refractivity contribution in [1.29, 1.82) is 5.26 Å². The molecule has 3 heteroatoms. The van der Waals surface area contributed by atoms with Gasteiger partial charge >= 0.3 is 0 Å². The molecule has 1 fully saturated rings. The number of allylic oxidation sites excluding steroid dienone is 1. The highest BCUT2D eigenvalue weighted by molar-refractivity contribution is 5.85. The molecular weight excluding hydrogens is 390 g/mol. The molecule has 160 valence electrons. The molecule has 0 radical (unpaired) electrons. The molecule has 0 bridgehead atoms. The molecule has 1 aromatic heterocycles. The van der Waals surface area contributed by atoms with Crippen LogP contribution >= 0.6 is 0 Å². The minimum absolute atomic E-state index is 0.684. The van der Waals surface area contributed by atoms with E-state index in [9.17, 15) is 5.26 Å². The van der Waals surface area contributed by atoms with E-state index in [1.165, 1.54) is 36.0 Å². The summed E-state index contributed by atoms with van der Waals surface area (Å²) < 4.78 is 0. The highest BCUT2D eigenvalue weighted by atomic mass is 14.9. The minimum atomic E-state index is 0.684. The van der Waals surface area contributed by atoms with E-state index in [2.05, 4.69) is 53.5 Å². The van der Waals surface area contributed by atoms with Crippen molar-refractivity contribution in [2.45, 2.75) is 46.0 Å². The Hall–Kier alpha value is -3.64. The molecule has 1 aliphatic rings. The molecular formula is C29H29N3. The summed E-state index contributed by atoms with van der Waals surface area (Å²) in [6, 6.07) is 26.9. The summed E-state index contributed by atoms with van der Waals surface area (Å²) in [5.74, 6) is 0.965. The summed E-state index contributed by atoms with van der Waals surface area (Å²) in [5, 5.41) is 9.19. The summed E-state index contributed by atoms with van der Waals surface area (Å²) in [6.45, 7) is 4.00. The Balaban J connectivity index is 0.00000119. The molecule has 0 aliphatic heterocycles. The Morgan fingerprint density at radius 2 is 1.59 bits per heavy atom. The molecule has 0 saturated heterocycles. The Kier molecular flexibility index (Phi) is 6.82. The number of aromatic amines is 1. The van der Waals surface area contributed by atoms with E-state index >= 15 is 0 Å². The van der Waals surface area contributed by atoms with Gasteiger partial charge in [-0.05, 0) is 66.6 Å². The summed E-state index contributed by atoms with van der Waals surface area (Å²) >= 11 is 0. The Labute approximate surface area is 190 Å². The van der Waals surface area contributed by atoms with E-state index in [0.717, 1.165) is 40.8 Å². The summed E-state index contributed by atoms with van der Waals surface area (Å²) in [5.41, 5.74) is 8.90. The smallest absolute Gasteiger partial charge is 0.139 e. The number of benzene rings is 3. The summed E-state index contributed by atoms with van der Waals surface area (Å²) in [4.78, 5) is 8.47. The van der Waals surface area contributed by atoms with Crippen molar-refractivity contribution in [3.8, 4) is 17.2 Å². The average Bonchev–Trinajstić information content (AvgIpc) is 3.30. The van der Waals surface area contributed by atoms with Gasteiger partial charge in [-0.3, -0.25) is 0 Å². The fraction of sp³-hybridized carbons (Fsp3) is 0.241. The van der Waals surface area contributed by atoms with Crippen molar-refractivity contribution in [2.24, 2.45) is 0 Å². The second-order valence-corrected chi connectivity index (χ2v) is 7.91. The van der Waals surface area contributed by atoms with Crippen LogP contribution in [0.25, 0.3) is 27.7 Å². The number of nitrogens with one attached hydrogen (secondary N) is 1. The highest BCUT2D eigenvalue weighted by Gasteiger charge is 2.18. The molecule has 0 amide bonds. The zero-order valence-corrected chi connectivity index (χ0v) is 18.9. The lowest BCUT2D eigenvalue weighted by Crippen LogP contribution is -2.01. The van der Waals surface area contributed by atoms with Gasteiger partial charge in [-0.15, -0.1) is 0 Å². The van der Waals surface area contributed by atoms with E-state index in [1.54, 1.807) is 0 Å². The number of rotatable bonds is 3. The van der Waals surface area contributed by atoms with Crippen LogP contribution in [0.3, 0.4) is 0 Å². The largest absolute Gasteiger partial charge is 0.338 e.